The van der Waals surface area contributed by atoms with Gasteiger partial charge in [0.05, 0.1) is 12.1 Å². The molecule has 27 heavy (non-hydrogen) atoms. The summed E-state index contributed by atoms with van der Waals surface area (Å²) in [5.41, 5.74) is 3.02. The first-order valence-electron chi connectivity index (χ1n) is 9.96. The highest BCUT2D eigenvalue weighted by Crippen LogP contribution is 2.26. The zero-order valence-electron chi connectivity index (χ0n) is 15.8. The lowest BCUT2D eigenvalue weighted by Crippen LogP contribution is -2.32. The number of hydrogen-bond donors (Lipinski definition) is 0. The maximum atomic E-state index is 12.8. The minimum atomic E-state index is 0.0115. The van der Waals surface area contributed by atoms with Crippen molar-refractivity contribution in [1.29, 1.82) is 0 Å². The molecule has 0 unspecified atom stereocenters. The Morgan fingerprint density at radius 3 is 2.70 bits per heavy atom. The van der Waals surface area contributed by atoms with Crippen LogP contribution in [0.25, 0.3) is 0 Å². The van der Waals surface area contributed by atoms with Gasteiger partial charge in [0.25, 0.3) is 5.91 Å². The van der Waals surface area contributed by atoms with E-state index in [1.807, 2.05) is 11.0 Å². The average Bonchev–Trinajstić information content (AvgIpc) is 3.08. The summed E-state index contributed by atoms with van der Waals surface area (Å²) >= 11 is 0. The van der Waals surface area contributed by atoms with E-state index in [9.17, 15) is 4.79 Å². The van der Waals surface area contributed by atoms with Crippen molar-refractivity contribution >= 4 is 5.91 Å². The number of nitrogens with zero attached hydrogens (tertiary/aromatic N) is 3. The molecule has 142 valence electrons. The Morgan fingerprint density at radius 1 is 1.07 bits per heavy atom. The second kappa shape index (κ2) is 8.53. The Hall–Kier alpha value is -2.40. The molecule has 1 amide bonds. The van der Waals surface area contributed by atoms with Gasteiger partial charge in [0, 0.05) is 31.0 Å². The maximum absolute atomic E-state index is 12.8. The molecule has 0 N–H and O–H groups in total. The van der Waals surface area contributed by atoms with Gasteiger partial charge >= 0.3 is 0 Å². The Kier molecular flexibility index (Phi) is 5.68. The van der Waals surface area contributed by atoms with Crippen LogP contribution in [0, 0.1) is 0 Å². The number of carbonyl (C=O) groups excluding carboxylic acids is 1. The fourth-order valence-electron chi connectivity index (χ4n) is 3.94. The van der Waals surface area contributed by atoms with E-state index in [-0.39, 0.29) is 5.91 Å². The molecule has 1 aromatic carbocycles. The summed E-state index contributed by atoms with van der Waals surface area (Å²) in [7, 11) is 0. The molecule has 0 bridgehead atoms. The molecule has 5 nitrogen and oxygen atoms in total. The molecule has 4 rings (SSSR count). The van der Waals surface area contributed by atoms with Gasteiger partial charge in [0.1, 0.15) is 12.4 Å². The predicted molar refractivity (Wildman–Crippen MR) is 105 cm³/mol. The summed E-state index contributed by atoms with van der Waals surface area (Å²) in [6.07, 6.45) is 8.60. The molecule has 1 fully saturated rings. The van der Waals surface area contributed by atoms with Gasteiger partial charge in [-0.05, 0) is 55.8 Å². The van der Waals surface area contributed by atoms with Crippen molar-refractivity contribution in [1.82, 2.24) is 14.8 Å². The van der Waals surface area contributed by atoms with Crippen LogP contribution in [0.4, 0.5) is 0 Å². The van der Waals surface area contributed by atoms with Crippen molar-refractivity contribution in [2.24, 2.45) is 0 Å². The Labute approximate surface area is 161 Å². The Morgan fingerprint density at radius 2 is 1.93 bits per heavy atom. The second-order valence-electron chi connectivity index (χ2n) is 7.45. The standard InChI is InChI=1S/C22H27N3O2/c26-22(19-6-5-9-23-15-19)25-12-13-27-21-8-7-18(14-20(21)17-25)16-24-10-3-1-2-4-11-24/h5-9,14-15H,1-4,10-13,16-17H2. The topological polar surface area (TPSA) is 45.7 Å². The highest BCUT2D eigenvalue weighted by Gasteiger charge is 2.21. The van der Waals surface area contributed by atoms with Crippen LogP contribution < -0.4 is 4.74 Å². The van der Waals surface area contributed by atoms with Gasteiger partial charge in [0.2, 0.25) is 0 Å². The summed E-state index contributed by atoms with van der Waals surface area (Å²) in [5, 5.41) is 0. The van der Waals surface area contributed by atoms with Gasteiger partial charge in [-0.2, -0.15) is 0 Å². The zero-order valence-corrected chi connectivity index (χ0v) is 15.8. The number of hydrogen-bond acceptors (Lipinski definition) is 4. The number of likely N-dealkylation sites (tertiary alicyclic amines) is 1. The Bertz CT molecular complexity index is 770. The molecule has 2 aliphatic rings. The monoisotopic (exact) mass is 365 g/mol. The van der Waals surface area contributed by atoms with E-state index in [2.05, 4.69) is 28.1 Å². The SMILES string of the molecule is O=C(c1cccnc1)N1CCOc2ccc(CN3CCCCCC3)cc2C1. The van der Waals surface area contributed by atoms with E-state index < -0.39 is 0 Å². The summed E-state index contributed by atoms with van der Waals surface area (Å²) in [6.45, 7) is 5.02. The van der Waals surface area contributed by atoms with Crippen LogP contribution in [-0.4, -0.2) is 46.9 Å². The number of benzene rings is 1. The van der Waals surface area contributed by atoms with Crippen LogP contribution in [0.2, 0.25) is 0 Å². The normalized spacial score (nSPS) is 18.1. The van der Waals surface area contributed by atoms with Crippen molar-refractivity contribution < 1.29 is 9.53 Å². The Balaban J connectivity index is 1.50. The number of ether oxygens (including phenoxy) is 1. The lowest BCUT2D eigenvalue weighted by Gasteiger charge is -2.22. The van der Waals surface area contributed by atoms with E-state index >= 15 is 0 Å². The maximum Gasteiger partial charge on any atom is 0.255 e. The van der Waals surface area contributed by atoms with Crippen LogP contribution >= 0.6 is 0 Å². The van der Waals surface area contributed by atoms with Gasteiger partial charge in [-0.1, -0.05) is 18.9 Å². The van der Waals surface area contributed by atoms with Crippen LogP contribution in [-0.2, 0) is 13.1 Å². The molecule has 1 saturated heterocycles. The summed E-state index contributed by atoms with van der Waals surface area (Å²) in [4.78, 5) is 21.3. The van der Waals surface area contributed by atoms with E-state index in [0.717, 1.165) is 17.9 Å². The highest BCUT2D eigenvalue weighted by molar-refractivity contribution is 5.93. The van der Waals surface area contributed by atoms with Crippen molar-refractivity contribution in [3.05, 3.63) is 59.4 Å². The van der Waals surface area contributed by atoms with Crippen molar-refractivity contribution in [3.8, 4) is 5.75 Å². The molecule has 5 heteroatoms. The average molecular weight is 365 g/mol. The first kappa shape index (κ1) is 18.0. The summed E-state index contributed by atoms with van der Waals surface area (Å²) < 4.78 is 5.91. The first-order valence-corrected chi connectivity index (χ1v) is 9.96. The molecule has 1 aromatic heterocycles. The molecule has 2 aliphatic heterocycles. The molecule has 0 spiro atoms. The zero-order chi connectivity index (χ0) is 18.5. The van der Waals surface area contributed by atoms with Crippen LogP contribution in [0.15, 0.2) is 42.7 Å². The van der Waals surface area contributed by atoms with E-state index in [0.29, 0.717) is 25.3 Å². The van der Waals surface area contributed by atoms with Gasteiger partial charge < -0.3 is 9.64 Å². The molecule has 0 atom stereocenters. The summed E-state index contributed by atoms with van der Waals surface area (Å²) in [6, 6.07) is 10.1. The number of fused-ring (bicyclic) bond motifs is 1. The van der Waals surface area contributed by atoms with Gasteiger partial charge in [0.15, 0.2) is 0 Å². The quantitative estimate of drug-likeness (QED) is 0.835. The van der Waals surface area contributed by atoms with Crippen molar-refractivity contribution in [2.45, 2.75) is 38.8 Å². The molecular formula is C22H27N3O2. The van der Waals surface area contributed by atoms with E-state index in [1.54, 1.807) is 18.5 Å². The fourth-order valence-corrected chi connectivity index (χ4v) is 3.94. The van der Waals surface area contributed by atoms with Crippen LogP contribution in [0.5, 0.6) is 5.75 Å². The molecular weight excluding hydrogens is 338 g/mol. The third kappa shape index (κ3) is 4.48. The lowest BCUT2D eigenvalue weighted by molar-refractivity contribution is 0.0733. The molecule has 3 heterocycles. The number of aromatic nitrogens is 1. The molecule has 0 radical (unpaired) electrons. The third-order valence-electron chi connectivity index (χ3n) is 5.41. The van der Waals surface area contributed by atoms with E-state index in [1.165, 1.54) is 44.3 Å². The van der Waals surface area contributed by atoms with E-state index in [4.69, 9.17) is 4.74 Å². The number of pyridine rings is 1. The second-order valence-corrected chi connectivity index (χ2v) is 7.45. The lowest BCUT2D eigenvalue weighted by atomic mass is 10.1. The van der Waals surface area contributed by atoms with Crippen molar-refractivity contribution in [2.75, 3.05) is 26.2 Å². The van der Waals surface area contributed by atoms with Gasteiger partial charge in [-0.3, -0.25) is 14.7 Å². The van der Waals surface area contributed by atoms with Gasteiger partial charge in [-0.25, -0.2) is 0 Å². The van der Waals surface area contributed by atoms with Crippen molar-refractivity contribution in [3.63, 3.8) is 0 Å². The number of carbonyl (C=O) groups is 1. The minimum absolute atomic E-state index is 0.0115. The van der Waals surface area contributed by atoms with Crippen LogP contribution in [0.3, 0.4) is 0 Å². The molecule has 2 aromatic rings. The largest absolute Gasteiger partial charge is 0.491 e. The number of amides is 1. The predicted octanol–water partition coefficient (Wildman–Crippen LogP) is 3.49. The van der Waals surface area contributed by atoms with Crippen LogP contribution in [0.1, 0.15) is 47.2 Å². The molecule has 0 aliphatic carbocycles. The first-order chi connectivity index (χ1) is 13.3. The molecule has 0 saturated carbocycles. The fraction of sp³-hybridized carbons (Fsp3) is 0.455. The van der Waals surface area contributed by atoms with Gasteiger partial charge in [-0.15, -0.1) is 0 Å². The third-order valence-corrected chi connectivity index (χ3v) is 5.41. The smallest absolute Gasteiger partial charge is 0.255 e. The highest BCUT2D eigenvalue weighted by atomic mass is 16.5. The summed E-state index contributed by atoms with van der Waals surface area (Å²) in [5.74, 6) is 0.911. The minimum Gasteiger partial charge on any atom is -0.491 e. The number of rotatable bonds is 3.